The van der Waals surface area contributed by atoms with E-state index >= 15 is 0 Å². The Hall–Kier alpha value is -5.50. The highest BCUT2D eigenvalue weighted by molar-refractivity contribution is 7.47. The van der Waals surface area contributed by atoms with Crippen molar-refractivity contribution in [2.75, 3.05) is 30.4 Å². The summed E-state index contributed by atoms with van der Waals surface area (Å²) in [6.07, 6.45) is 4.98. The van der Waals surface area contributed by atoms with Gasteiger partial charge in [-0.1, -0.05) is 84.0 Å². The number of nitrogens with two attached hydrogens (primary N) is 3. The molecule has 9 rings (SSSR count). The number of nitrogens with one attached hydrogen (secondary N) is 1. The van der Waals surface area contributed by atoms with E-state index in [9.17, 15) is 43.9 Å². The van der Waals surface area contributed by atoms with E-state index in [1.807, 2.05) is 0 Å². The molecule has 3 aliphatic rings. The van der Waals surface area contributed by atoms with Crippen molar-refractivity contribution in [2.24, 2.45) is 5.92 Å². The number of aliphatic hydroxyl groups excluding tert-OH is 3. The SMILES string of the molecule is CCCCCCCCCCCCCCCC(=O)NCC1CC(OP(=O)(O)OCC2OC(n3cnc4c(N)ncnc43)C(C(OP(=O)(O)O)C3OC(n4cnc5c(N)ncnc54)C(O)C3O)C2O)C(n2cnc3c(N)ncnc32)O1. The standard InChI is InChI=1S/C46H68N16O15P2/c1-2-3-4-5-6-7-8-9-10-11-12-13-14-15-28(63)50-17-25-16-26(44(73-25)60-22-57-30-38(47)51-19-54-41(30)60)76-79(70,71)72-18-27-33(64)29(45(74-27)61-23-58-31-39(48)52-20-55-42(31)61)36(77-78(67,68)69)37-34(65)35(66)46(75-37)62-24-59-32-40(49)53-21-56-43(32)62/h19-27,29,33-37,44-46,64-66H,2-18H2,1H3,(H,50,63)(H,70,71)(H2,47,51,54)(H2,48,52,55)(H2,49,53,56)(H2,67,68,69). The number of hydrogen-bond acceptors (Lipinski definition) is 24. The second-order valence-corrected chi connectivity index (χ2v) is 22.6. The minimum absolute atomic E-state index is 0.00646. The third-order valence-electron chi connectivity index (χ3n) is 14.5. The van der Waals surface area contributed by atoms with Gasteiger partial charge in [0.2, 0.25) is 5.91 Å². The van der Waals surface area contributed by atoms with Crippen LogP contribution in [0.25, 0.3) is 33.5 Å². The third-order valence-corrected chi connectivity index (χ3v) is 16.0. The molecule has 3 fully saturated rings. The van der Waals surface area contributed by atoms with E-state index in [2.05, 4.69) is 57.1 Å². The van der Waals surface area contributed by atoms with Crippen LogP contribution in [-0.2, 0) is 41.7 Å². The summed E-state index contributed by atoms with van der Waals surface area (Å²) in [5.41, 5.74) is 18.8. The molecule has 6 aromatic rings. The number of anilines is 3. The first-order valence-electron chi connectivity index (χ1n) is 26.4. The van der Waals surface area contributed by atoms with Gasteiger partial charge < -0.3 is 66.7 Å². The summed E-state index contributed by atoms with van der Waals surface area (Å²) in [6.45, 7) is 1.32. The highest BCUT2D eigenvalue weighted by Crippen LogP contribution is 2.53. The first-order chi connectivity index (χ1) is 37.9. The summed E-state index contributed by atoms with van der Waals surface area (Å²) in [7, 11) is -10.8. The van der Waals surface area contributed by atoms with Crippen LogP contribution in [0.2, 0.25) is 0 Å². The Bertz CT molecular complexity index is 3110. The molecule has 79 heavy (non-hydrogen) atoms. The van der Waals surface area contributed by atoms with Gasteiger partial charge in [-0.25, -0.2) is 54.0 Å². The lowest BCUT2D eigenvalue weighted by atomic mass is 9.88. The molecule has 0 aromatic carbocycles. The predicted octanol–water partition coefficient (Wildman–Crippen LogP) is 2.61. The van der Waals surface area contributed by atoms with Gasteiger partial charge in [-0.2, -0.15) is 0 Å². The van der Waals surface area contributed by atoms with E-state index in [0.717, 1.165) is 31.9 Å². The third kappa shape index (κ3) is 13.5. The van der Waals surface area contributed by atoms with Crippen LogP contribution in [0.5, 0.6) is 0 Å². The summed E-state index contributed by atoms with van der Waals surface area (Å²) in [5, 5.41) is 38.2. The average molecular weight is 1150 g/mol. The van der Waals surface area contributed by atoms with Crippen LogP contribution in [0, 0.1) is 5.92 Å². The Morgan fingerprint density at radius 1 is 0.658 bits per heavy atom. The summed E-state index contributed by atoms with van der Waals surface area (Å²) < 4.78 is 66.3. The number of aliphatic hydroxyl groups is 3. The zero-order chi connectivity index (χ0) is 56.0. The number of phosphoric acid groups is 2. The normalized spacial score (nSPS) is 26.6. The molecule has 33 heteroatoms. The number of carbonyl (C=O) groups is 1. The molecular weight excluding hydrogens is 1080 g/mol. The Labute approximate surface area is 451 Å². The molecule has 0 spiro atoms. The van der Waals surface area contributed by atoms with E-state index in [0.29, 0.717) is 12.8 Å². The van der Waals surface area contributed by atoms with E-state index in [1.165, 1.54) is 96.8 Å². The lowest BCUT2D eigenvalue weighted by Gasteiger charge is -2.34. The monoisotopic (exact) mass is 1150 g/mol. The van der Waals surface area contributed by atoms with Gasteiger partial charge in [0.05, 0.1) is 43.7 Å². The van der Waals surface area contributed by atoms with E-state index in [4.69, 9.17) is 45.0 Å². The molecule has 9 heterocycles. The molecule has 0 bridgehead atoms. The molecule has 3 saturated heterocycles. The van der Waals surface area contributed by atoms with Crippen molar-refractivity contribution in [1.29, 1.82) is 0 Å². The second-order valence-electron chi connectivity index (χ2n) is 20.0. The number of fused-ring (bicyclic) bond motifs is 3. The van der Waals surface area contributed by atoms with Crippen LogP contribution in [0.4, 0.5) is 17.5 Å². The maximum absolute atomic E-state index is 14.1. The number of imidazole rings is 3. The highest BCUT2D eigenvalue weighted by atomic mass is 31.2. The molecule has 13 unspecified atom stereocenters. The van der Waals surface area contributed by atoms with Gasteiger partial charge in [0.1, 0.15) is 78.4 Å². The van der Waals surface area contributed by atoms with Crippen molar-refractivity contribution >= 4 is 72.5 Å². The van der Waals surface area contributed by atoms with Crippen molar-refractivity contribution in [2.45, 2.75) is 171 Å². The Balaban J connectivity index is 0.884. The average Bonchev–Trinajstić information content (AvgIpc) is 4.48. The van der Waals surface area contributed by atoms with Gasteiger partial charge in [-0.05, 0) is 6.42 Å². The number of amides is 1. The smallest absolute Gasteiger partial charge is 0.390 e. The molecule has 13 atom stereocenters. The summed E-state index contributed by atoms with van der Waals surface area (Å²) in [6, 6.07) is 0. The van der Waals surface area contributed by atoms with Crippen LogP contribution < -0.4 is 22.5 Å². The molecule has 432 valence electrons. The van der Waals surface area contributed by atoms with E-state index < -0.39 is 95.7 Å². The fourth-order valence-corrected chi connectivity index (χ4v) is 12.1. The summed E-state index contributed by atoms with van der Waals surface area (Å²) in [4.78, 5) is 82.4. The number of aromatic nitrogens is 12. The Morgan fingerprint density at radius 3 is 1.67 bits per heavy atom. The number of ether oxygens (including phenoxy) is 3. The van der Waals surface area contributed by atoms with E-state index in [-0.39, 0.29) is 69.8 Å². The number of carbonyl (C=O) groups excluding carboxylic acids is 1. The molecule has 0 saturated carbocycles. The number of rotatable bonds is 28. The van der Waals surface area contributed by atoms with Crippen LogP contribution in [0.15, 0.2) is 38.0 Å². The van der Waals surface area contributed by atoms with Gasteiger partial charge in [0.15, 0.2) is 46.9 Å². The molecule has 0 radical (unpaired) electrons. The van der Waals surface area contributed by atoms with Gasteiger partial charge in [0.25, 0.3) is 0 Å². The maximum Gasteiger partial charge on any atom is 0.472 e. The molecule has 1 amide bonds. The van der Waals surface area contributed by atoms with Gasteiger partial charge in [-0.3, -0.25) is 32.1 Å². The number of nitrogen functional groups attached to an aromatic ring is 3. The quantitative estimate of drug-likeness (QED) is 0.0249. The van der Waals surface area contributed by atoms with Gasteiger partial charge in [0, 0.05) is 19.4 Å². The highest BCUT2D eigenvalue weighted by Gasteiger charge is 2.59. The minimum atomic E-state index is -5.60. The summed E-state index contributed by atoms with van der Waals surface area (Å²) >= 11 is 0. The predicted molar refractivity (Wildman–Crippen MR) is 278 cm³/mol. The first kappa shape index (κ1) is 58.2. The fourth-order valence-electron chi connectivity index (χ4n) is 10.6. The largest absolute Gasteiger partial charge is 0.472 e. The van der Waals surface area contributed by atoms with E-state index in [1.54, 1.807) is 0 Å². The fraction of sp³-hybridized carbons (Fsp3) is 0.652. The second kappa shape index (κ2) is 25.5. The van der Waals surface area contributed by atoms with Crippen molar-refractivity contribution < 1.29 is 71.7 Å². The molecule has 0 aliphatic carbocycles. The molecule has 3 aliphatic heterocycles. The van der Waals surface area contributed by atoms with Gasteiger partial charge >= 0.3 is 15.6 Å². The molecule has 13 N–H and O–H groups in total. The lowest BCUT2D eigenvalue weighted by molar-refractivity contribution is -0.122. The van der Waals surface area contributed by atoms with Crippen LogP contribution in [-0.4, -0.2) is 156 Å². The zero-order valence-corrected chi connectivity index (χ0v) is 45.1. The number of hydrogen-bond donors (Lipinski definition) is 10. The number of nitrogens with zero attached hydrogens (tertiary/aromatic N) is 12. The van der Waals surface area contributed by atoms with Crippen LogP contribution in [0.3, 0.4) is 0 Å². The maximum atomic E-state index is 14.1. The topological polar surface area (TPSA) is 449 Å². The number of unbranched alkanes of at least 4 members (excludes halogenated alkanes) is 12. The lowest BCUT2D eigenvalue weighted by Crippen LogP contribution is -2.48. The van der Waals surface area contributed by atoms with Crippen molar-refractivity contribution in [3.63, 3.8) is 0 Å². The van der Waals surface area contributed by atoms with Crippen molar-refractivity contribution in [3.05, 3.63) is 38.0 Å². The first-order valence-corrected chi connectivity index (χ1v) is 29.4. The Kier molecular flexibility index (Phi) is 18.8. The minimum Gasteiger partial charge on any atom is -0.390 e. The summed E-state index contributed by atoms with van der Waals surface area (Å²) in [5.74, 6) is -1.92. The van der Waals surface area contributed by atoms with Gasteiger partial charge in [-0.15, -0.1) is 0 Å². The zero-order valence-electron chi connectivity index (χ0n) is 43.3. The van der Waals surface area contributed by atoms with Crippen molar-refractivity contribution in [1.82, 2.24) is 63.9 Å². The Morgan fingerprint density at radius 2 is 1.15 bits per heavy atom. The number of phosphoric ester groups is 2. The molecule has 6 aromatic heterocycles. The molecule has 31 nitrogen and oxygen atoms in total. The van der Waals surface area contributed by atoms with Crippen LogP contribution >= 0.6 is 15.6 Å². The molecular formula is C46H68N16O15P2. The van der Waals surface area contributed by atoms with Crippen molar-refractivity contribution in [3.8, 4) is 0 Å². The van der Waals surface area contributed by atoms with Crippen LogP contribution in [0.1, 0.15) is 122 Å².